The zero-order valence-electron chi connectivity index (χ0n) is 13.1. The first-order valence-electron chi connectivity index (χ1n) is 6.51. The lowest BCUT2D eigenvalue weighted by Crippen LogP contribution is -2.26. The summed E-state index contributed by atoms with van der Waals surface area (Å²) in [6.07, 6.45) is 2.71. The van der Waals surface area contributed by atoms with Crippen LogP contribution in [-0.4, -0.2) is 44.3 Å². The molecule has 0 aromatic carbocycles. The molecular formula is C13H18N4O3S2. The minimum Gasteiger partial charge on any atom is -0.289 e. The van der Waals surface area contributed by atoms with E-state index in [2.05, 4.69) is 9.35 Å². The lowest BCUT2D eigenvalue weighted by Gasteiger charge is -2.11. The quantitative estimate of drug-likeness (QED) is 0.838. The molecule has 0 aliphatic carbocycles. The van der Waals surface area contributed by atoms with Crippen molar-refractivity contribution in [2.75, 3.05) is 20.4 Å². The fourth-order valence-corrected chi connectivity index (χ4v) is 3.41. The van der Waals surface area contributed by atoms with Crippen LogP contribution in [0.15, 0.2) is 15.5 Å². The maximum absolute atomic E-state index is 12.5. The molecule has 0 saturated carbocycles. The van der Waals surface area contributed by atoms with Gasteiger partial charge in [0.2, 0.25) is 0 Å². The summed E-state index contributed by atoms with van der Waals surface area (Å²) in [5.74, 6) is -0.617. The Bertz CT molecular complexity index is 917. The molecule has 0 N–H and O–H groups in total. The Kier molecular flexibility index (Phi) is 4.50. The monoisotopic (exact) mass is 342 g/mol. The standard InChI is InChI=1S/C13H18N4O3S2/c1-8-9(2)21-12-11(8)13(19)17(7-14-12)6-10(18)15-22(5,20)16(3)4/h7H,6H2,1-5H3. The van der Waals surface area contributed by atoms with Crippen LogP contribution in [-0.2, 0) is 21.3 Å². The number of carbonyl (C=O) groups is 1. The van der Waals surface area contributed by atoms with E-state index in [4.69, 9.17) is 0 Å². The average molecular weight is 342 g/mol. The Morgan fingerprint density at radius 2 is 2.09 bits per heavy atom. The number of aryl methyl sites for hydroxylation is 2. The number of hydrogen-bond acceptors (Lipinski definition) is 5. The molecule has 2 aromatic heterocycles. The largest absolute Gasteiger partial charge is 0.289 e. The molecule has 2 rings (SSSR count). The minimum absolute atomic E-state index is 0.269. The summed E-state index contributed by atoms with van der Waals surface area (Å²) in [7, 11) is 0.408. The molecule has 2 heterocycles. The fraction of sp³-hybridized carbons (Fsp3) is 0.462. The van der Waals surface area contributed by atoms with Gasteiger partial charge in [0.05, 0.1) is 11.7 Å². The van der Waals surface area contributed by atoms with Crippen molar-refractivity contribution in [1.82, 2.24) is 13.9 Å². The van der Waals surface area contributed by atoms with Crippen LogP contribution >= 0.6 is 11.3 Å². The summed E-state index contributed by atoms with van der Waals surface area (Å²) < 4.78 is 18.3. The van der Waals surface area contributed by atoms with E-state index in [1.807, 2.05) is 13.8 Å². The number of thiophene rings is 1. The van der Waals surface area contributed by atoms with Gasteiger partial charge in [-0.15, -0.1) is 15.7 Å². The molecule has 0 radical (unpaired) electrons. The molecule has 2 aromatic rings. The van der Waals surface area contributed by atoms with Crippen molar-refractivity contribution in [3.63, 3.8) is 0 Å². The minimum atomic E-state index is -2.75. The second kappa shape index (κ2) is 5.90. The van der Waals surface area contributed by atoms with Gasteiger partial charge in [0.1, 0.15) is 21.3 Å². The molecule has 0 saturated heterocycles. The number of aromatic nitrogens is 2. The average Bonchev–Trinajstić information content (AvgIpc) is 2.68. The van der Waals surface area contributed by atoms with Gasteiger partial charge in [-0.1, -0.05) is 0 Å². The summed E-state index contributed by atoms with van der Waals surface area (Å²) >= 11 is 1.45. The Labute approximate surface area is 132 Å². The molecule has 1 unspecified atom stereocenters. The highest BCUT2D eigenvalue weighted by Crippen LogP contribution is 2.25. The van der Waals surface area contributed by atoms with Crippen molar-refractivity contribution in [2.45, 2.75) is 20.4 Å². The number of rotatable bonds is 3. The predicted molar refractivity (Wildman–Crippen MR) is 88.5 cm³/mol. The van der Waals surface area contributed by atoms with Crippen molar-refractivity contribution in [3.05, 3.63) is 27.1 Å². The second-order valence-electron chi connectivity index (χ2n) is 5.20. The van der Waals surface area contributed by atoms with Gasteiger partial charge in [0.25, 0.3) is 11.5 Å². The third kappa shape index (κ3) is 3.11. The molecule has 9 heteroatoms. The number of carbonyl (C=O) groups excluding carboxylic acids is 1. The van der Waals surface area contributed by atoms with Crippen LogP contribution in [0.5, 0.6) is 0 Å². The van der Waals surface area contributed by atoms with Crippen LogP contribution in [0.3, 0.4) is 0 Å². The van der Waals surface area contributed by atoms with E-state index in [1.54, 1.807) is 14.1 Å². The summed E-state index contributed by atoms with van der Waals surface area (Å²) in [5, 5.41) is 0.530. The van der Waals surface area contributed by atoms with Gasteiger partial charge in [0, 0.05) is 25.2 Å². The summed E-state index contributed by atoms with van der Waals surface area (Å²) in [5.41, 5.74) is 0.603. The number of amides is 1. The molecule has 0 aliphatic rings. The van der Waals surface area contributed by atoms with E-state index in [9.17, 15) is 13.8 Å². The Hall–Kier alpha value is -1.58. The van der Waals surface area contributed by atoms with Gasteiger partial charge in [-0.25, -0.2) is 13.5 Å². The molecule has 120 valence electrons. The lowest BCUT2D eigenvalue weighted by atomic mass is 10.2. The topological polar surface area (TPSA) is 84.6 Å². The van der Waals surface area contributed by atoms with Crippen LogP contribution in [0.2, 0.25) is 0 Å². The van der Waals surface area contributed by atoms with E-state index in [0.717, 1.165) is 10.4 Å². The van der Waals surface area contributed by atoms with Crippen molar-refractivity contribution in [1.29, 1.82) is 0 Å². The molecule has 0 bridgehead atoms. The van der Waals surface area contributed by atoms with Gasteiger partial charge in [0.15, 0.2) is 0 Å². The number of nitrogens with zero attached hydrogens (tertiary/aromatic N) is 4. The van der Waals surface area contributed by atoms with Gasteiger partial charge in [-0.3, -0.25) is 14.2 Å². The van der Waals surface area contributed by atoms with Crippen LogP contribution in [0.1, 0.15) is 10.4 Å². The molecule has 1 amide bonds. The third-order valence-electron chi connectivity index (χ3n) is 3.41. The highest BCUT2D eigenvalue weighted by atomic mass is 32.2. The van der Waals surface area contributed by atoms with E-state index < -0.39 is 15.8 Å². The first-order valence-corrected chi connectivity index (χ1v) is 9.20. The van der Waals surface area contributed by atoms with Crippen LogP contribution in [0.4, 0.5) is 0 Å². The van der Waals surface area contributed by atoms with E-state index in [-0.39, 0.29) is 12.1 Å². The number of fused-ring (bicyclic) bond motifs is 1. The van der Waals surface area contributed by atoms with Crippen LogP contribution in [0, 0.1) is 13.8 Å². The Morgan fingerprint density at radius 1 is 1.45 bits per heavy atom. The maximum Gasteiger partial charge on any atom is 0.274 e. The van der Waals surface area contributed by atoms with E-state index in [1.165, 1.54) is 32.8 Å². The molecule has 0 spiro atoms. The maximum atomic E-state index is 12.5. The van der Waals surface area contributed by atoms with Crippen molar-refractivity contribution in [2.24, 2.45) is 4.36 Å². The Morgan fingerprint density at radius 3 is 2.68 bits per heavy atom. The first-order chi connectivity index (χ1) is 10.1. The van der Waals surface area contributed by atoms with Crippen LogP contribution in [0.25, 0.3) is 10.2 Å². The molecular weight excluding hydrogens is 324 g/mol. The van der Waals surface area contributed by atoms with Gasteiger partial charge >= 0.3 is 0 Å². The summed E-state index contributed by atoms with van der Waals surface area (Å²) in [6.45, 7) is 3.52. The molecule has 0 aliphatic heterocycles. The molecule has 1 atom stereocenters. The zero-order valence-corrected chi connectivity index (χ0v) is 14.7. The van der Waals surface area contributed by atoms with Crippen molar-refractivity contribution in [3.8, 4) is 0 Å². The normalized spacial score (nSPS) is 14.3. The molecule has 7 nitrogen and oxygen atoms in total. The van der Waals surface area contributed by atoms with E-state index in [0.29, 0.717) is 10.2 Å². The fourth-order valence-electron chi connectivity index (χ4n) is 1.83. The molecule has 22 heavy (non-hydrogen) atoms. The highest BCUT2D eigenvalue weighted by Gasteiger charge is 2.14. The smallest absolute Gasteiger partial charge is 0.274 e. The SMILES string of the molecule is Cc1sc2ncn(CC(=O)N=S(C)(=O)N(C)C)c(=O)c2c1C. The third-order valence-corrected chi connectivity index (χ3v) is 6.42. The zero-order chi connectivity index (χ0) is 16.7. The summed E-state index contributed by atoms with van der Waals surface area (Å²) in [6, 6.07) is 0. The predicted octanol–water partition coefficient (Wildman–Crippen LogP) is 1.18. The highest BCUT2D eigenvalue weighted by molar-refractivity contribution is 7.90. The van der Waals surface area contributed by atoms with Crippen molar-refractivity contribution >= 4 is 37.4 Å². The van der Waals surface area contributed by atoms with Gasteiger partial charge < -0.3 is 0 Å². The Balaban J connectivity index is 2.44. The van der Waals surface area contributed by atoms with E-state index >= 15 is 0 Å². The molecule has 0 fully saturated rings. The lowest BCUT2D eigenvalue weighted by molar-refractivity contribution is -0.118. The number of hydrogen-bond donors (Lipinski definition) is 0. The van der Waals surface area contributed by atoms with Crippen LogP contribution < -0.4 is 5.56 Å². The van der Waals surface area contributed by atoms with Gasteiger partial charge in [-0.05, 0) is 19.4 Å². The second-order valence-corrected chi connectivity index (χ2v) is 8.84. The first kappa shape index (κ1) is 16.8. The van der Waals surface area contributed by atoms with Gasteiger partial charge in [-0.2, -0.15) is 0 Å². The van der Waals surface area contributed by atoms with Crippen molar-refractivity contribution < 1.29 is 9.00 Å². The summed E-state index contributed by atoms with van der Waals surface area (Å²) in [4.78, 5) is 30.3.